The number of pyridine rings is 2. The zero-order valence-electron chi connectivity index (χ0n) is 29.8. The number of methoxy groups -OCH3 is 4. The predicted octanol–water partition coefficient (Wildman–Crippen LogP) is 6.93. The van der Waals surface area contributed by atoms with Crippen LogP contribution in [-0.2, 0) is 0 Å². The van der Waals surface area contributed by atoms with E-state index in [-0.39, 0.29) is 0 Å². The van der Waals surface area contributed by atoms with Gasteiger partial charge in [-0.3, -0.25) is 0 Å². The van der Waals surface area contributed by atoms with Crippen molar-refractivity contribution >= 4 is 47.7 Å². The van der Waals surface area contributed by atoms with Gasteiger partial charge in [0, 0.05) is 22.7 Å². The predicted molar refractivity (Wildman–Crippen MR) is 210 cm³/mol. The SMILES string of the molecule is COc1cc(P(c2ccccc2C)c2ccccc2C)c(-c2c(P(c3ccccc3C)c3ccccc3C)cc(OC)nc2OC)c(OC)n1. The van der Waals surface area contributed by atoms with Crippen molar-refractivity contribution in [3.05, 3.63) is 131 Å². The zero-order valence-corrected chi connectivity index (χ0v) is 31.6. The van der Waals surface area contributed by atoms with Crippen molar-refractivity contribution in [3.8, 4) is 34.6 Å². The van der Waals surface area contributed by atoms with Crippen LogP contribution in [-0.4, -0.2) is 38.4 Å². The molecular formula is C42H42N2O4P2. The molecule has 254 valence electrons. The van der Waals surface area contributed by atoms with Crippen molar-refractivity contribution in [2.24, 2.45) is 0 Å². The minimum atomic E-state index is -1.16. The van der Waals surface area contributed by atoms with E-state index in [2.05, 4.69) is 137 Å². The highest BCUT2D eigenvalue weighted by Gasteiger charge is 2.34. The number of hydrogen-bond donors (Lipinski definition) is 0. The molecule has 0 saturated heterocycles. The Morgan fingerprint density at radius 3 is 0.900 bits per heavy atom. The first kappa shape index (κ1) is 35.1. The molecule has 0 spiro atoms. The van der Waals surface area contributed by atoms with Gasteiger partial charge in [0.1, 0.15) is 0 Å². The van der Waals surface area contributed by atoms with Gasteiger partial charge in [-0.05, 0) is 87.0 Å². The summed E-state index contributed by atoms with van der Waals surface area (Å²) in [6.45, 7) is 8.70. The molecule has 6 rings (SSSR count). The van der Waals surface area contributed by atoms with E-state index in [1.807, 2.05) is 0 Å². The first-order chi connectivity index (χ1) is 24.3. The van der Waals surface area contributed by atoms with Crippen LogP contribution >= 0.6 is 15.8 Å². The van der Waals surface area contributed by atoms with E-state index in [1.165, 1.54) is 43.5 Å². The summed E-state index contributed by atoms with van der Waals surface area (Å²) in [5, 5.41) is 6.99. The summed E-state index contributed by atoms with van der Waals surface area (Å²) in [5.41, 5.74) is 6.44. The van der Waals surface area contributed by atoms with E-state index in [0.29, 0.717) is 23.5 Å². The summed E-state index contributed by atoms with van der Waals surface area (Å²) in [5.74, 6) is 1.81. The number of aryl methyl sites for hydroxylation is 4. The maximum absolute atomic E-state index is 6.23. The van der Waals surface area contributed by atoms with Crippen LogP contribution in [0.15, 0.2) is 109 Å². The smallest absolute Gasteiger partial charge is 0.225 e. The third-order valence-corrected chi connectivity index (χ3v) is 14.4. The molecule has 0 atom stereocenters. The molecule has 0 aliphatic heterocycles. The largest absolute Gasteiger partial charge is 0.481 e. The zero-order chi connectivity index (χ0) is 35.4. The fourth-order valence-electron chi connectivity index (χ4n) is 6.34. The Balaban J connectivity index is 1.82. The molecule has 0 bridgehead atoms. The molecule has 6 aromatic rings. The van der Waals surface area contributed by atoms with Crippen LogP contribution in [0.1, 0.15) is 22.3 Å². The van der Waals surface area contributed by atoms with E-state index in [0.717, 1.165) is 21.7 Å². The summed E-state index contributed by atoms with van der Waals surface area (Å²) in [7, 11) is 4.28. The van der Waals surface area contributed by atoms with Gasteiger partial charge in [0.25, 0.3) is 0 Å². The molecule has 0 amide bonds. The highest BCUT2D eigenvalue weighted by atomic mass is 31.1. The van der Waals surface area contributed by atoms with Crippen molar-refractivity contribution in [1.29, 1.82) is 0 Å². The van der Waals surface area contributed by atoms with Crippen molar-refractivity contribution in [2.75, 3.05) is 28.4 Å². The van der Waals surface area contributed by atoms with Crippen LogP contribution in [0, 0.1) is 27.7 Å². The van der Waals surface area contributed by atoms with Crippen molar-refractivity contribution in [3.63, 3.8) is 0 Å². The second kappa shape index (κ2) is 15.4. The number of rotatable bonds is 11. The molecule has 6 nitrogen and oxygen atoms in total. The van der Waals surface area contributed by atoms with E-state index in [1.54, 1.807) is 28.4 Å². The van der Waals surface area contributed by atoms with E-state index in [4.69, 9.17) is 28.9 Å². The monoisotopic (exact) mass is 700 g/mol. The lowest BCUT2D eigenvalue weighted by Gasteiger charge is -2.30. The second-order valence-corrected chi connectivity index (χ2v) is 16.2. The van der Waals surface area contributed by atoms with E-state index < -0.39 is 15.8 Å². The number of hydrogen-bond acceptors (Lipinski definition) is 6. The molecule has 0 saturated carbocycles. The quantitative estimate of drug-likeness (QED) is 0.137. The Hall–Kier alpha value is -4.76. The summed E-state index contributed by atoms with van der Waals surface area (Å²) >= 11 is 0. The van der Waals surface area contributed by atoms with Gasteiger partial charge >= 0.3 is 0 Å². The van der Waals surface area contributed by atoms with E-state index >= 15 is 0 Å². The van der Waals surface area contributed by atoms with Crippen molar-refractivity contribution in [1.82, 2.24) is 9.97 Å². The summed E-state index contributed by atoms with van der Waals surface area (Å²) in [6, 6.07) is 38.6. The van der Waals surface area contributed by atoms with Crippen LogP contribution in [0.2, 0.25) is 0 Å². The lowest BCUT2D eigenvalue weighted by Crippen LogP contribution is -2.29. The second-order valence-electron chi connectivity index (χ2n) is 12.0. The van der Waals surface area contributed by atoms with Gasteiger partial charge in [0.05, 0.1) is 39.6 Å². The van der Waals surface area contributed by atoms with Crippen LogP contribution in [0.5, 0.6) is 23.5 Å². The fourth-order valence-corrected chi connectivity index (χ4v) is 11.9. The lowest BCUT2D eigenvalue weighted by molar-refractivity contribution is 0.362. The number of ether oxygens (including phenoxy) is 4. The van der Waals surface area contributed by atoms with Gasteiger partial charge in [-0.1, -0.05) is 97.1 Å². The molecule has 0 unspecified atom stereocenters. The van der Waals surface area contributed by atoms with Gasteiger partial charge in [0.2, 0.25) is 23.5 Å². The normalized spacial score (nSPS) is 11.2. The van der Waals surface area contributed by atoms with Crippen LogP contribution in [0.4, 0.5) is 0 Å². The van der Waals surface area contributed by atoms with Gasteiger partial charge in [-0.15, -0.1) is 0 Å². The molecule has 2 heterocycles. The Kier molecular flexibility index (Phi) is 10.8. The molecule has 4 aromatic carbocycles. The Bertz CT molecular complexity index is 1910. The minimum Gasteiger partial charge on any atom is -0.481 e. The molecule has 2 aromatic heterocycles. The van der Waals surface area contributed by atoms with Gasteiger partial charge in [0.15, 0.2) is 0 Å². The topological polar surface area (TPSA) is 62.7 Å². The Morgan fingerprint density at radius 1 is 0.380 bits per heavy atom. The molecule has 0 N–H and O–H groups in total. The molecule has 0 radical (unpaired) electrons. The van der Waals surface area contributed by atoms with Gasteiger partial charge < -0.3 is 18.9 Å². The molecule has 50 heavy (non-hydrogen) atoms. The van der Waals surface area contributed by atoms with Gasteiger partial charge in [-0.25, -0.2) is 0 Å². The maximum atomic E-state index is 6.23. The highest BCUT2D eigenvalue weighted by Crippen LogP contribution is 2.48. The van der Waals surface area contributed by atoms with Crippen molar-refractivity contribution < 1.29 is 18.9 Å². The Labute approximate surface area is 298 Å². The van der Waals surface area contributed by atoms with Crippen LogP contribution < -0.4 is 50.8 Å². The molecule has 8 heteroatoms. The number of benzene rings is 4. The van der Waals surface area contributed by atoms with Crippen molar-refractivity contribution in [2.45, 2.75) is 27.7 Å². The van der Waals surface area contributed by atoms with E-state index in [9.17, 15) is 0 Å². The first-order valence-corrected chi connectivity index (χ1v) is 19.1. The summed E-state index contributed by atoms with van der Waals surface area (Å²) < 4.78 is 24.2. The summed E-state index contributed by atoms with van der Waals surface area (Å²) in [4.78, 5) is 9.84. The molecule has 0 aliphatic carbocycles. The fraction of sp³-hybridized carbons (Fsp3) is 0.190. The van der Waals surface area contributed by atoms with Crippen LogP contribution in [0.25, 0.3) is 11.1 Å². The Morgan fingerprint density at radius 2 is 0.660 bits per heavy atom. The maximum Gasteiger partial charge on any atom is 0.225 e. The third-order valence-electron chi connectivity index (χ3n) is 8.85. The minimum absolute atomic E-state index is 0.435. The lowest BCUT2D eigenvalue weighted by atomic mass is 10.1. The molecule has 0 fully saturated rings. The molecule has 0 aliphatic rings. The number of nitrogens with zero attached hydrogens (tertiary/aromatic N) is 2. The highest BCUT2D eigenvalue weighted by molar-refractivity contribution is 7.81. The van der Waals surface area contributed by atoms with Crippen LogP contribution in [0.3, 0.4) is 0 Å². The summed E-state index contributed by atoms with van der Waals surface area (Å²) in [6.07, 6.45) is 0. The first-order valence-electron chi connectivity index (χ1n) is 16.4. The number of aromatic nitrogens is 2. The third kappa shape index (κ3) is 6.71. The molecular weight excluding hydrogens is 658 g/mol. The standard InChI is InChI=1S/C42H42N2O4P2/c1-27-17-9-13-21-31(27)49(32-22-14-10-18-28(32)2)35-25-37(45-5)43-41(47-7)39(35)40-36(26-38(46-6)44-42(40)48-8)50(33-23-15-11-19-29(33)3)34-24-16-12-20-30(34)4/h9-26H,1-8H3. The van der Waals surface area contributed by atoms with Gasteiger partial charge in [-0.2, -0.15) is 9.97 Å². The average molecular weight is 701 g/mol. The average Bonchev–Trinajstić information content (AvgIpc) is 3.14.